The molecular formula is C16H16BrN3O2. The van der Waals surface area contributed by atoms with Gasteiger partial charge in [0.05, 0.1) is 17.3 Å². The molecule has 0 aromatic heterocycles. The van der Waals surface area contributed by atoms with Gasteiger partial charge in [-0.1, -0.05) is 0 Å². The van der Waals surface area contributed by atoms with Crippen molar-refractivity contribution in [2.45, 2.75) is 6.92 Å². The molecule has 0 unspecified atom stereocenters. The summed E-state index contributed by atoms with van der Waals surface area (Å²) in [5.41, 5.74) is 10.8. The molecule has 0 aliphatic carbocycles. The number of methoxy groups -OCH3 is 1. The third kappa shape index (κ3) is 3.85. The highest BCUT2D eigenvalue weighted by Crippen LogP contribution is 2.25. The number of nitrogens with one attached hydrogen (secondary N) is 1. The van der Waals surface area contributed by atoms with Crippen molar-refractivity contribution in [3.8, 4) is 5.75 Å². The second kappa shape index (κ2) is 7.09. The minimum absolute atomic E-state index is 0.285. The predicted molar refractivity (Wildman–Crippen MR) is 91.2 cm³/mol. The van der Waals surface area contributed by atoms with Crippen molar-refractivity contribution in [2.75, 3.05) is 12.8 Å². The van der Waals surface area contributed by atoms with Crippen LogP contribution in [0.15, 0.2) is 52.0 Å². The molecule has 0 radical (unpaired) electrons. The molecule has 22 heavy (non-hydrogen) atoms. The van der Waals surface area contributed by atoms with Gasteiger partial charge in [0.15, 0.2) is 0 Å². The zero-order valence-electron chi connectivity index (χ0n) is 12.3. The van der Waals surface area contributed by atoms with Crippen molar-refractivity contribution < 1.29 is 9.53 Å². The number of amides is 1. The summed E-state index contributed by atoms with van der Waals surface area (Å²) in [4.78, 5) is 12.0. The van der Waals surface area contributed by atoms with Crippen LogP contribution >= 0.6 is 15.9 Å². The zero-order valence-corrected chi connectivity index (χ0v) is 13.8. The maximum Gasteiger partial charge on any atom is 0.271 e. The second-order valence-electron chi connectivity index (χ2n) is 4.61. The molecule has 0 fully saturated rings. The number of hydrazone groups is 1. The summed E-state index contributed by atoms with van der Waals surface area (Å²) in [5.74, 6) is 0.453. The molecule has 3 N–H and O–H groups in total. The Labute approximate surface area is 137 Å². The van der Waals surface area contributed by atoms with Gasteiger partial charge < -0.3 is 10.5 Å². The molecule has 0 heterocycles. The molecule has 2 aromatic rings. The minimum Gasteiger partial charge on any atom is -0.496 e. The van der Waals surface area contributed by atoms with Crippen LogP contribution in [-0.2, 0) is 0 Å². The standard InChI is InChI=1S/C16H16BrN3O2/c1-10(12-5-8-15(22-2)14(17)9-12)19-20-16(21)11-3-6-13(18)7-4-11/h3-9H,18H2,1-2H3,(H,20,21)/b19-10-. The Kier molecular flexibility index (Phi) is 5.16. The van der Waals surface area contributed by atoms with Crippen LogP contribution in [0.3, 0.4) is 0 Å². The maximum atomic E-state index is 12.0. The van der Waals surface area contributed by atoms with E-state index in [2.05, 4.69) is 26.5 Å². The molecule has 0 atom stereocenters. The third-order valence-electron chi connectivity index (χ3n) is 3.07. The number of benzene rings is 2. The van der Waals surface area contributed by atoms with Gasteiger partial charge >= 0.3 is 0 Å². The molecule has 0 aliphatic heterocycles. The number of hydrogen-bond donors (Lipinski definition) is 2. The molecule has 0 spiro atoms. The number of hydrogen-bond acceptors (Lipinski definition) is 4. The molecule has 2 rings (SSSR count). The van der Waals surface area contributed by atoms with Crippen LogP contribution in [0, 0.1) is 0 Å². The van der Waals surface area contributed by atoms with E-state index >= 15 is 0 Å². The van der Waals surface area contributed by atoms with Crippen LogP contribution in [0.2, 0.25) is 0 Å². The first-order valence-electron chi connectivity index (χ1n) is 6.55. The summed E-state index contributed by atoms with van der Waals surface area (Å²) in [7, 11) is 1.60. The van der Waals surface area contributed by atoms with Crippen molar-refractivity contribution in [2.24, 2.45) is 5.10 Å². The van der Waals surface area contributed by atoms with Crippen LogP contribution in [0.1, 0.15) is 22.8 Å². The zero-order chi connectivity index (χ0) is 16.1. The molecular weight excluding hydrogens is 346 g/mol. The van der Waals surface area contributed by atoms with E-state index in [1.165, 1.54) is 0 Å². The molecule has 114 valence electrons. The van der Waals surface area contributed by atoms with Gasteiger partial charge in [-0.25, -0.2) is 5.43 Å². The Morgan fingerprint density at radius 3 is 2.41 bits per heavy atom. The molecule has 0 aliphatic rings. The number of nitrogen functional groups attached to an aromatic ring is 1. The van der Waals surface area contributed by atoms with Crippen LogP contribution in [0.25, 0.3) is 0 Å². The number of anilines is 1. The lowest BCUT2D eigenvalue weighted by molar-refractivity contribution is 0.0955. The molecule has 6 heteroatoms. The Hall–Kier alpha value is -2.34. The van der Waals surface area contributed by atoms with Gasteiger partial charge in [0, 0.05) is 11.3 Å². The third-order valence-corrected chi connectivity index (χ3v) is 3.69. The van der Waals surface area contributed by atoms with Crippen LogP contribution in [0.5, 0.6) is 5.75 Å². The smallest absolute Gasteiger partial charge is 0.271 e. The van der Waals surface area contributed by atoms with Gasteiger partial charge in [-0.05, 0) is 70.9 Å². The Bertz CT molecular complexity index is 712. The number of rotatable bonds is 4. The summed E-state index contributed by atoms with van der Waals surface area (Å²) in [6.45, 7) is 1.82. The SMILES string of the molecule is COc1ccc(/C(C)=N\NC(=O)c2ccc(N)cc2)cc1Br. The van der Waals surface area contributed by atoms with Gasteiger partial charge in [-0.15, -0.1) is 0 Å². The lowest BCUT2D eigenvalue weighted by Crippen LogP contribution is -2.19. The Morgan fingerprint density at radius 1 is 1.18 bits per heavy atom. The predicted octanol–water partition coefficient (Wildman–Crippen LogP) is 3.19. The van der Waals surface area contributed by atoms with E-state index in [9.17, 15) is 4.79 Å². The summed E-state index contributed by atoms with van der Waals surface area (Å²) in [6, 6.07) is 12.2. The van der Waals surface area contributed by atoms with Crippen LogP contribution in [-0.4, -0.2) is 18.7 Å². The average molecular weight is 362 g/mol. The summed E-state index contributed by atoms with van der Waals surface area (Å²) in [5, 5.41) is 4.11. The average Bonchev–Trinajstić information content (AvgIpc) is 2.52. The van der Waals surface area contributed by atoms with Crippen LogP contribution in [0.4, 0.5) is 5.69 Å². The van der Waals surface area contributed by atoms with Crippen molar-refractivity contribution in [3.63, 3.8) is 0 Å². The van der Waals surface area contributed by atoms with E-state index in [4.69, 9.17) is 10.5 Å². The summed E-state index contributed by atoms with van der Waals surface area (Å²) >= 11 is 3.42. The quantitative estimate of drug-likeness (QED) is 0.498. The second-order valence-corrected chi connectivity index (χ2v) is 5.46. The normalized spacial score (nSPS) is 11.1. The van der Waals surface area contributed by atoms with E-state index in [0.717, 1.165) is 15.8 Å². The number of carbonyl (C=O) groups is 1. The first-order valence-corrected chi connectivity index (χ1v) is 7.34. The van der Waals surface area contributed by atoms with Gasteiger partial charge in [-0.2, -0.15) is 5.10 Å². The summed E-state index contributed by atoms with van der Waals surface area (Å²) in [6.07, 6.45) is 0. The van der Waals surface area contributed by atoms with E-state index in [-0.39, 0.29) is 5.91 Å². The number of carbonyl (C=O) groups excluding carboxylic acids is 1. The number of ether oxygens (including phenoxy) is 1. The van der Waals surface area contributed by atoms with Crippen molar-refractivity contribution in [3.05, 3.63) is 58.1 Å². The van der Waals surface area contributed by atoms with E-state index in [1.807, 2.05) is 25.1 Å². The first-order chi connectivity index (χ1) is 10.5. The highest BCUT2D eigenvalue weighted by atomic mass is 79.9. The van der Waals surface area contributed by atoms with Gasteiger partial charge in [0.2, 0.25) is 0 Å². The topological polar surface area (TPSA) is 76.7 Å². The largest absolute Gasteiger partial charge is 0.496 e. The highest BCUT2D eigenvalue weighted by Gasteiger charge is 2.06. The van der Waals surface area contributed by atoms with Crippen molar-refractivity contribution >= 4 is 33.2 Å². The van der Waals surface area contributed by atoms with Crippen LogP contribution < -0.4 is 15.9 Å². The molecule has 5 nitrogen and oxygen atoms in total. The fourth-order valence-corrected chi connectivity index (χ4v) is 2.33. The van der Waals surface area contributed by atoms with E-state index in [1.54, 1.807) is 31.4 Å². The van der Waals surface area contributed by atoms with E-state index < -0.39 is 0 Å². The fraction of sp³-hybridized carbons (Fsp3) is 0.125. The highest BCUT2D eigenvalue weighted by molar-refractivity contribution is 9.10. The number of nitrogens with zero attached hydrogens (tertiary/aromatic N) is 1. The van der Waals surface area contributed by atoms with Gasteiger partial charge in [0.25, 0.3) is 5.91 Å². The molecule has 0 saturated heterocycles. The molecule has 0 saturated carbocycles. The summed E-state index contributed by atoms with van der Waals surface area (Å²) < 4.78 is 6.00. The van der Waals surface area contributed by atoms with Crippen molar-refractivity contribution in [1.29, 1.82) is 0 Å². The van der Waals surface area contributed by atoms with E-state index in [0.29, 0.717) is 17.0 Å². The van der Waals surface area contributed by atoms with Crippen molar-refractivity contribution in [1.82, 2.24) is 5.43 Å². The van der Waals surface area contributed by atoms with Gasteiger partial charge in [-0.3, -0.25) is 4.79 Å². The lowest BCUT2D eigenvalue weighted by Gasteiger charge is -2.07. The molecule has 0 bridgehead atoms. The Morgan fingerprint density at radius 2 is 1.82 bits per heavy atom. The lowest BCUT2D eigenvalue weighted by atomic mass is 10.1. The fourth-order valence-electron chi connectivity index (χ4n) is 1.79. The Balaban J connectivity index is 2.10. The molecule has 2 aromatic carbocycles. The first kappa shape index (κ1) is 16.0. The van der Waals surface area contributed by atoms with Gasteiger partial charge in [0.1, 0.15) is 5.75 Å². The molecule has 1 amide bonds. The maximum absolute atomic E-state index is 12.0. The minimum atomic E-state index is -0.285. The number of nitrogens with two attached hydrogens (primary N) is 1. The monoisotopic (exact) mass is 361 g/mol. The number of halogens is 1.